The summed E-state index contributed by atoms with van der Waals surface area (Å²) in [7, 11) is 0. The molecule has 122 valence electrons. The average Bonchev–Trinajstić information content (AvgIpc) is 3.33. The molecule has 1 aliphatic carbocycles. The summed E-state index contributed by atoms with van der Waals surface area (Å²) < 4.78 is 0. The van der Waals surface area contributed by atoms with Crippen LogP contribution >= 0.6 is 0 Å². The van der Waals surface area contributed by atoms with Crippen LogP contribution in [0.3, 0.4) is 0 Å². The zero-order chi connectivity index (χ0) is 16.0. The summed E-state index contributed by atoms with van der Waals surface area (Å²) in [5.74, 6) is 0.205. The number of fused-ring (bicyclic) bond motifs is 2. The molecule has 5 heteroatoms. The Morgan fingerprint density at radius 3 is 2.70 bits per heavy atom. The summed E-state index contributed by atoms with van der Waals surface area (Å²) in [5.41, 5.74) is 3.28. The van der Waals surface area contributed by atoms with Crippen LogP contribution in [0.25, 0.3) is 0 Å². The first-order valence-corrected chi connectivity index (χ1v) is 8.52. The lowest BCUT2D eigenvalue weighted by molar-refractivity contribution is -0.129. The molecule has 2 fully saturated rings. The van der Waals surface area contributed by atoms with Crippen LogP contribution < -0.4 is 10.6 Å². The topological polar surface area (TPSA) is 61.4 Å². The van der Waals surface area contributed by atoms with E-state index in [0.29, 0.717) is 6.04 Å². The number of piperidine rings is 1. The summed E-state index contributed by atoms with van der Waals surface area (Å²) in [4.78, 5) is 25.5. The standard InChI is InChI=1S/C18H23N3O2/c1-12(22)21-8-4-13(5-9-21)20-14-2-3-16-15(10-14)17(23)19-11-18(16)6-7-18/h2-3,10,13,20H,4-9,11H2,1H3,(H,19,23). The molecular weight excluding hydrogens is 290 g/mol. The Kier molecular flexibility index (Phi) is 3.32. The van der Waals surface area contributed by atoms with Crippen molar-refractivity contribution in [3.8, 4) is 0 Å². The van der Waals surface area contributed by atoms with E-state index in [1.165, 1.54) is 18.4 Å². The van der Waals surface area contributed by atoms with Gasteiger partial charge in [0.25, 0.3) is 5.91 Å². The molecule has 2 aliphatic heterocycles. The molecule has 1 aromatic carbocycles. The van der Waals surface area contributed by atoms with Gasteiger partial charge in [0.15, 0.2) is 0 Å². The third-order valence-electron chi connectivity index (χ3n) is 5.59. The molecule has 0 atom stereocenters. The van der Waals surface area contributed by atoms with Crippen LogP contribution in [0, 0.1) is 0 Å². The van der Waals surface area contributed by atoms with E-state index in [0.717, 1.165) is 43.7 Å². The lowest BCUT2D eigenvalue weighted by atomic mass is 9.87. The summed E-state index contributed by atoms with van der Waals surface area (Å²) in [6.07, 6.45) is 4.26. The first-order chi connectivity index (χ1) is 11.1. The largest absolute Gasteiger partial charge is 0.382 e. The second-order valence-corrected chi connectivity index (χ2v) is 7.15. The second-order valence-electron chi connectivity index (χ2n) is 7.15. The average molecular weight is 313 g/mol. The molecule has 4 rings (SSSR count). The third kappa shape index (κ3) is 2.58. The fourth-order valence-electron chi connectivity index (χ4n) is 3.90. The van der Waals surface area contributed by atoms with Gasteiger partial charge in [0.2, 0.25) is 5.91 Å². The number of carbonyl (C=O) groups is 2. The molecular formula is C18H23N3O2. The van der Waals surface area contributed by atoms with Gasteiger partial charge in [0.1, 0.15) is 0 Å². The van der Waals surface area contributed by atoms with Crippen molar-refractivity contribution >= 4 is 17.5 Å². The molecule has 0 unspecified atom stereocenters. The molecule has 2 amide bonds. The molecule has 0 radical (unpaired) electrons. The van der Waals surface area contributed by atoms with Crippen molar-refractivity contribution in [2.24, 2.45) is 0 Å². The molecule has 23 heavy (non-hydrogen) atoms. The van der Waals surface area contributed by atoms with Gasteiger partial charge < -0.3 is 15.5 Å². The normalized spacial score (nSPS) is 22.5. The molecule has 3 aliphatic rings. The summed E-state index contributed by atoms with van der Waals surface area (Å²) in [5, 5.41) is 6.57. The maximum absolute atomic E-state index is 12.2. The molecule has 1 spiro atoms. The molecule has 5 nitrogen and oxygen atoms in total. The molecule has 1 saturated heterocycles. The summed E-state index contributed by atoms with van der Waals surface area (Å²) in [6.45, 7) is 4.03. The van der Waals surface area contributed by atoms with Crippen LogP contribution in [0.5, 0.6) is 0 Å². The zero-order valence-corrected chi connectivity index (χ0v) is 13.5. The van der Waals surface area contributed by atoms with Gasteiger partial charge in [-0.2, -0.15) is 0 Å². The Hall–Kier alpha value is -2.04. The number of nitrogens with one attached hydrogen (secondary N) is 2. The van der Waals surface area contributed by atoms with E-state index >= 15 is 0 Å². The van der Waals surface area contributed by atoms with Gasteiger partial charge in [-0.15, -0.1) is 0 Å². The monoisotopic (exact) mass is 313 g/mol. The van der Waals surface area contributed by atoms with Gasteiger partial charge in [0.05, 0.1) is 0 Å². The van der Waals surface area contributed by atoms with Crippen molar-refractivity contribution < 1.29 is 9.59 Å². The maximum atomic E-state index is 12.2. The summed E-state index contributed by atoms with van der Waals surface area (Å²) in [6, 6.07) is 6.61. The number of anilines is 1. The highest BCUT2D eigenvalue weighted by molar-refractivity contribution is 5.98. The van der Waals surface area contributed by atoms with Gasteiger partial charge in [-0.1, -0.05) is 6.07 Å². The van der Waals surface area contributed by atoms with Crippen LogP contribution in [0.2, 0.25) is 0 Å². The number of amides is 2. The highest BCUT2D eigenvalue weighted by Gasteiger charge is 2.48. The Balaban J connectivity index is 1.48. The number of hydrogen-bond donors (Lipinski definition) is 2. The van der Waals surface area contributed by atoms with Crippen molar-refractivity contribution in [3.05, 3.63) is 29.3 Å². The fraction of sp³-hybridized carbons (Fsp3) is 0.556. The Bertz CT molecular complexity index is 658. The Morgan fingerprint density at radius 2 is 2.04 bits per heavy atom. The van der Waals surface area contributed by atoms with Crippen LogP contribution in [0.15, 0.2) is 18.2 Å². The quantitative estimate of drug-likeness (QED) is 0.876. The lowest BCUT2D eigenvalue weighted by Gasteiger charge is -2.32. The van der Waals surface area contributed by atoms with E-state index in [1.807, 2.05) is 11.0 Å². The predicted molar refractivity (Wildman–Crippen MR) is 88.6 cm³/mol. The minimum absolute atomic E-state index is 0.0487. The highest BCUT2D eigenvalue weighted by atomic mass is 16.2. The van der Waals surface area contributed by atoms with Crippen molar-refractivity contribution in [3.63, 3.8) is 0 Å². The second kappa shape index (κ2) is 5.25. The number of rotatable bonds is 2. The minimum atomic E-state index is 0.0487. The predicted octanol–water partition coefficient (Wildman–Crippen LogP) is 1.88. The molecule has 2 heterocycles. The number of nitrogens with zero attached hydrogens (tertiary/aromatic N) is 1. The molecule has 0 aromatic heterocycles. The minimum Gasteiger partial charge on any atom is -0.382 e. The van der Waals surface area contributed by atoms with Gasteiger partial charge in [-0.3, -0.25) is 9.59 Å². The van der Waals surface area contributed by atoms with E-state index < -0.39 is 0 Å². The third-order valence-corrected chi connectivity index (χ3v) is 5.59. The van der Waals surface area contributed by atoms with Crippen LogP contribution in [0.4, 0.5) is 5.69 Å². The van der Waals surface area contributed by atoms with Crippen LogP contribution in [0.1, 0.15) is 48.5 Å². The van der Waals surface area contributed by atoms with E-state index in [1.54, 1.807) is 6.92 Å². The highest BCUT2D eigenvalue weighted by Crippen LogP contribution is 2.50. The number of likely N-dealkylation sites (tertiary alicyclic amines) is 1. The van der Waals surface area contributed by atoms with Gasteiger partial charge in [-0.05, 0) is 43.4 Å². The smallest absolute Gasteiger partial charge is 0.251 e. The molecule has 1 saturated carbocycles. The lowest BCUT2D eigenvalue weighted by Crippen LogP contribution is -2.41. The Labute approximate surface area is 136 Å². The fourth-order valence-corrected chi connectivity index (χ4v) is 3.90. The van der Waals surface area contributed by atoms with Crippen LogP contribution in [-0.4, -0.2) is 42.4 Å². The van der Waals surface area contributed by atoms with E-state index in [-0.39, 0.29) is 17.2 Å². The van der Waals surface area contributed by atoms with Gasteiger partial charge in [0, 0.05) is 49.3 Å². The van der Waals surface area contributed by atoms with E-state index in [2.05, 4.69) is 22.8 Å². The SMILES string of the molecule is CC(=O)N1CCC(Nc2ccc3c(c2)C(=O)NCC32CC2)CC1. The Morgan fingerprint density at radius 1 is 1.30 bits per heavy atom. The molecule has 0 bridgehead atoms. The van der Waals surface area contributed by atoms with Gasteiger partial charge >= 0.3 is 0 Å². The first kappa shape index (κ1) is 14.5. The van der Waals surface area contributed by atoms with Crippen LogP contribution in [-0.2, 0) is 10.2 Å². The van der Waals surface area contributed by atoms with E-state index in [4.69, 9.17) is 0 Å². The number of hydrogen-bond acceptors (Lipinski definition) is 3. The molecule has 1 aromatic rings. The van der Waals surface area contributed by atoms with Crippen molar-refractivity contribution in [2.75, 3.05) is 25.0 Å². The molecule has 2 N–H and O–H groups in total. The van der Waals surface area contributed by atoms with Gasteiger partial charge in [-0.25, -0.2) is 0 Å². The zero-order valence-electron chi connectivity index (χ0n) is 13.5. The van der Waals surface area contributed by atoms with E-state index in [9.17, 15) is 9.59 Å². The first-order valence-electron chi connectivity index (χ1n) is 8.52. The van der Waals surface area contributed by atoms with Crippen molar-refractivity contribution in [2.45, 2.75) is 44.1 Å². The number of carbonyl (C=O) groups excluding carboxylic acids is 2. The van der Waals surface area contributed by atoms with Crippen molar-refractivity contribution in [1.82, 2.24) is 10.2 Å². The maximum Gasteiger partial charge on any atom is 0.251 e. The number of benzene rings is 1. The summed E-state index contributed by atoms with van der Waals surface area (Å²) >= 11 is 0. The van der Waals surface area contributed by atoms with Crippen molar-refractivity contribution in [1.29, 1.82) is 0 Å².